The van der Waals surface area contributed by atoms with Crippen LogP contribution in [0, 0.1) is 0 Å². The van der Waals surface area contributed by atoms with Crippen LogP contribution in [0.4, 0.5) is 0 Å². The number of carbonyl (C=O) groups excluding carboxylic acids is 1. The first kappa shape index (κ1) is 14.3. The fraction of sp³-hybridized carbons (Fsp3) is 0.438. The van der Waals surface area contributed by atoms with Crippen molar-refractivity contribution in [2.75, 3.05) is 0 Å². The average Bonchev–Trinajstić information content (AvgIpc) is 2.87. The summed E-state index contributed by atoms with van der Waals surface area (Å²) in [5.74, 6) is 0.0337. The van der Waals surface area contributed by atoms with Crippen LogP contribution < -0.4 is 5.32 Å². The van der Waals surface area contributed by atoms with E-state index in [0.717, 1.165) is 25.0 Å². The summed E-state index contributed by atoms with van der Waals surface area (Å²) in [6, 6.07) is 10.1. The SMILES string of the molecule is O=C1N/C(=N\N=C2CCCCC2)S[C@H]1Cc1ccccc1. The largest absolute Gasteiger partial charge is 0.303 e. The average molecular weight is 301 g/mol. The van der Waals surface area contributed by atoms with Gasteiger partial charge in [0.05, 0.1) is 5.25 Å². The molecule has 0 unspecified atom stereocenters. The van der Waals surface area contributed by atoms with Gasteiger partial charge in [-0.3, -0.25) is 4.79 Å². The van der Waals surface area contributed by atoms with E-state index in [1.807, 2.05) is 30.3 Å². The highest BCUT2D eigenvalue weighted by Gasteiger charge is 2.30. The van der Waals surface area contributed by atoms with Crippen LogP contribution in [0.25, 0.3) is 0 Å². The van der Waals surface area contributed by atoms with Gasteiger partial charge in [-0.25, -0.2) is 0 Å². The zero-order valence-corrected chi connectivity index (χ0v) is 12.7. The normalized spacial score (nSPS) is 24.2. The molecular formula is C16H19N3OS. The molecular weight excluding hydrogens is 282 g/mol. The van der Waals surface area contributed by atoms with Crippen molar-refractivity contribution in [3.8, 4) is 0 Å². The van der Waals surface area contributed by atoms with Gasteiger partial charge in [-0.15, -0.1) is 5.10 Å². The molecule has 0 radical (unpaired) electrons. The Balaban J connectivity index is 1.61. The summed E-state index contributed by atoms with van der Waals surface area (Å²) in [4.78, 5) is 12.0. The predicted octanol–water partition coefficient (Wildman–Crippen LogP) is 3.14. The third-order valence-electron chi connectivity index (χ3n) is 3.75. The lowest BCUT2D eigenvalue weighted by molar-refractivity contribution is -0.118. The lowest BCUT2D eigenvalue weighted by atomic mass is 9.99. The predicted molar refractivity (Wildman–Crippen MR) is 87.6 cm³/mol. The van der Waals surface area contributed by atoms with Crippen molar-refractivity contribution in [2.24, 2.45) is 10.2 Å². The first-order valence-corrected chi connectivity index (χ1v) is 8.34. The molecule has 0 bridgehead atoms. The number of nitrogens with one attached hydrogen (secondary N) is 1. The molecule has 1 heterocycles. The Morgan fingerprint density at radius 3 is 2.62 bits per heavy atom. The minimum atomic E-state index is -0.0993. The first-order valence-electron chi connectivity index (χ1n) is 7.46. The van der Waals surface area contributed by atoms with E-state index < -0.39 is 0 Å². The standard InChI is InChI=1S/C16H19N3OS/c20-15-14(11-12-7-3-1-4-8-12)21-16(17-15)19-18-13-9-5-2-6-10-13/h1,3-4,7-8,14H,2,5-6,9-11H2,(H,17,19,20)/t14-/m0/s1. The van der Waals surface area contributed by atoms with Crippen molar-refractivity contribution in [1.82, 2.24) is 5.32 Å². The van der Waals surface area contributed by atoms with Crippen LogP contribution in [-0.2, 0) is 11.2 Å². The second-order valence-corrected chi connectivity index (χ2v) is 6.61. The van der Waals surface area contributed by atoms with Gasteiger partial charge in [0.25, 0.3) is 0 Å². The Bertz CT molecular complexity index is 560. The summed E-state index contributed by atoms with van der Waals surface area (Å²) in [6.07, 6.45) is 6.53. The van der Waals surface area contributed by atoms with E-state index in [1.165, 1.54) is 36.6 Å². The maximum Gasteiger partial charge on any atom is 0.239 e. The highest BCUT2D eigenvalue weighted by molar-refractivity contribution is 8.15. The van der Waals surface area contributed by atoms with Crippen molar-refractivity contribution in [1.29, 1.82) is 0 Å². The number of nitrogens with zero attached hydrogens (tertiary/aromatic N) is 2. The molecule has 0 spiro atoms. The lowest BCUT2D eigenvalue weighted by Crippen LogP contribution is -2.26. The van der Waals surface area contributed by atoms with Crippen molar-refractivity contribution in [3.63, 3.8) is 0 Å². The number of thioether (sulfide) groups is 1. The summed E-state index contributed by atoms with van der Waals surface area (Å²) in [6.45, 7) is 0. The fourth-order valence-corrected chi connectivity index (χ4v) is 3.55. The summed E-state index contributed by atoms with van der Waals surface area (Å²) in [7, 11) is 0. The number of carbonyl (C=O) groups is 1. The van der Waals surface area contributed by atoms with Crippen LogP contribution in [0.2, 0.25) is 0 Å². The molecule has 4 nitrogen and oxygen atoms in total. The molecule has 2 fully saturated rings. The molecule has 0 aromatic heterocycles. The van der Waals surface area contributed by atoms with Crippen LogP contribution in [0.3, 0.4) is 0 Å². The number of rotatable bonds is 3. The summed E-state index contributed by atoms with van der Waals surface area (Å²) < 4.78 is 0. The van der Waals surface area contributed by atoms with Gasteiger partial charge < -0.3 is 5.32 Å². The van der Waals surface area contributed by atoms with Crippen LogP contribution in [0.15, 0.2) is 40.5 Å². The molecule has 3 rings (SSSR count). The Labute approximate surface area is 129 Å². The highest BCUT2D eigenvalue weighted by Crippen LogP contribution is 2.23. The molecule has 5 heteroatoms. The van der Waals surface area contributed by atoms with Gasteiger partial charge in [0.2, 0.25) is 5.91 Å². The fourth-order valence-electron chi connectivity index (χ4n) is 2.59. The molecule has 110 valence electrons. The zero-order valence-electron chi connectivity index (χ0n) is 11.9. The van der Waals surface area contributed by atoms with Gasteiger partial charge in [0, 0.05) is 5.71 Å². The molecule has 1 aliphatic carbocycles. The minimum Gasteiger partial charge on any atom is -0.303 e. The first-order chi connectivity index (χ1) is 10.3. The van der Waals surface area contributed by atoms with Gasteiger partial charge in [0.15, 0.2) is 5.17 Å². The maximum absolute atomic E-state index is 12.0. The summed E-state index contributed by atoms with van der Waals surface area (Å²) >= 11 is 1.48. The number of amidine groups is 1. The number of hydrogen-bond donors (Lipinski definition) is 1. The third kappa shape index (κ3) is 3.94. The quantitative estimate of drug-likeness (QED) is 0.872. The van der Waals surface area contributed by atoms with Gasteiger partial charge in [-0.2, -0.15) is 5.10 Å². The van der Waals surface area contributed by atoms with Gasteiger partial charge in [-0.1, -0.05) is 48.5 Å². The van der Waals surface area contributed by atoms with E-state index in [9.17, 15) is 4.79 Å². The van der Waals surface area contributed by atoms with E-state index in [2.05, 4.69) is 15.5 Å². The number of benzene rings is 1. The van der Waals surface area contributed by atoms with Crippen LogP contribution in [0.5, 0.6) is 0 Å². The van der Waals surface area contributed by atoms with Crippen LogP contribution in [0.1, 0.15) is 37.7 Å². The molecule has 1 aromatic rings. The van der Waals surface area contributed by atoms with E-state index in [4.69, 9.17) is 0 Å². The third-order valence-corrected chi connectivity index (χ3v) is 4.83. The second kappa shape index (κ2) is 6.89. The van der Waals surface area contributed by atoms with Gasteiger partial charge >= 0.3 is 0 Å². The van der Waals surface area contributed by atoms with Crippen molar-refractivity contribution in [2.45, 2.75) is 43.8 Å². The van der Waals surface area contributed by atoms with Crippen LogP contribution >= 0.6 is 11.8 Å². The lowest BCUT2D eigenvalue weighted by Gasteiger charge is -2.10. The monoisotopic (exact) mass is 301 g/mol. The molecule has 1 amide bonds. The number of hydrogen-bond acceptors (Lipinski definition) is 4. The number of amides is 1. The molecule has 1 aromatic carbocycles. The molecule has 1 aliphatic heterocycles. The highest BCUT2D eigenvalue weighted by atomic mass is 32.2. The zero-order chi connectivity index (χ0) is 14.5. The van der Waals surface area contributed by atoms with Crippen molar-refractivity contribution >= 4 is 28.5 Å². The molecule has 21 heavy (non-hydrogen) atoms. The summed E-state index contributed by atoms with van der Waals surface area (Å²) in [5.41, 5.74) is 2.33. The van der Waals surface area contributed by atoms with E-state index in [1.54, 1.807) is 0 Å². The van der Waals surface area contributed by atoms with Crippen molar-refractivity contribution in [3.05, 3.63) is 35.9 Å². The van der Waals surface area contributed by atoms with Crippen LogP contribution in [-0.4, -0.2) is 22.0 Å². The molecule has 2 aliphatic rings. The molecule has 1 saturated carbocycles. The molecule has 1 atom stereocenters. The maximum atomic E-state index is 12.0. The Morgan fingerprint density at radius 1 is 1.10 bits per heavy atom. The Kier molecular flexibility index (Phi) is 4.70. The van der Waals surface area contributed by atoms with E-state index in [-0.39, 0.29) is 11.2 Å². The van der Waals surface area contributed by atoms with Gasteiger partial charge in [-0.05, 0) is 37.7 Å². The van der Waals surface area contributed by atoms with E-state index in [0.29, 0.717) is 5.17 Å². The Hall–Kier alpha value is -1.62. The van der Waals surface area contributed by atoms with Crippen molar-refractivity contribution < 1.29 is 4.79 Å². The second-order valence-electron chi connectivity index (χ2n) is 5.42. The minimum absolute atomic E-state index is 0.0337. The molecule has 1 N–H and O–H groups in total. The summed E-state index contributed by atoms with van der Waals surface area (Å²) in [5, 5.41) is 11.9. The Morgan fingerprint density at radius 2 is 1.86 bits per heavy atom. The van der Waals surface area contributed by atoms with E-state index >= 15 is 0 Å². The topological polar surface area (TPSA) is 53.8 Å². The smallest absolute Gasteiger partial charge is 0.239 e. The molecule has 1 saturated heterocycles. The van der Waals surface area contributed by atoms with Gasteiger partial charge in [0.1, 0.15) is 0 Å².